The second-order valence-electron chi connectivity index (χ2n) is 2.34. The van der Waals surface area contributed by atoms with Gasteiger partial charge in [0.1, 0.15) is 0 Å². The minimum atomic E-state index is 0.877. The third-order valence-corrected chi connectivity index (χ3v) is 1.42. The molecule has 0 N–H and O–H groups in total. The summed E-state index contributed by atoms with van der Waals surface area (Å²) in [5, 5.41) is 0.936. The molecule has 1 heteroatoms. The van der Waals surface area contributed by atoms with Crippen LogP contribution in [0.5, 0.6) is 0 Å². The molecule has 0 aliphatic carbocycles. The molecule has 0 aromatic heterocycles. The van der Waals surface area contributed by atoms with Crippen LogP contribution in [-0.2, 0) is 6.42 Å². The number of rotatable bonds is 2. The van der Waals surface area contributed by atoms with E-state index >= 15 is 0 Å². The number of halogens is 1. The summed E-state index contributed by atoms with van der Waals surface area (Å²) in [5.74, 6) is 0. The van der Waals surface area contributed by atoms with E-state index in [0.717, 1.165) is 11.8 Å². The highest BCUT2D eigenvalue weighted by atomic mass is 35.5. The predicted molar refractivity (Wildman–Crippen MR) is 44.9 cm³/mol. The van der Waals surface area contributed by atoms with Crippen LogP contribution in [0.2, 0.25) is 0 Å². The van der Waals surface area contributed by atoms with Gasteiger partial charge in [-0.1, -0.05) is 30.3 Å². The minimum Gasteiger partial charge on any atom is -0.117 e. The van der Waals surface area contributed by atoms with Crippen LogP contribution in [0, 0.1) is 5.38 Å². The summed E-state index contributed by atoms with van der Waals surface area (Å²) in [6.45, 7) is 1.93. The van der Waals surface area contributed by atoms with E-state index in [1.54, 1.807) is 0 Å². The first-order valence-corrected chi connectivity index (χ1v) is 3.68. The van der Waals surface area contributed by atoms with Crippen molar-refractivity contribution in [1.29, 1.82) is 0 Å². The first-order chi connectivity index (χ1) is 4.79. The zero-order valence-corrected chi connectivity index (χ0v) is 6.73. The molecule has 0 nitrogen and oxygen atoms in total. The van der Waals surface area contributed by atoms with Gasteiger partial charge in [-0.3, -0.25) is 0 Å². The molecule has 0 unspecified atom stereocenters. The van der Waals surface area contributed by atoms with Crippen molar-refractivity contribution in [3.8, 4) is 0 Å². The van der Waals surface area contributed by atoms with Crippen LogP contribution in [0.15, 0.2) is 30.3 Å². The Morgan fingerprint density at radius 2 is 1.90 bits per heavy atom. The van der Waals surface area contributed by atoms with E-state index in [0.29, 0.717) is 0 Å². The van der Waals surface area contributed by atoms with Gasteiger partial charge >= 0.3 is 0 Å². The van der Waals surface area contributed by atoms with Crippen LogP contribution in [0.25, 0.3) is 0 Å². The average Bonchev–Trinajstić information content (AvgIpc) is 1.88. The second-order valence-corrected chi connectivity index (χ2v) is 2.98. The van der Waals surface area contributed by atoms with Gasteiger partial charge in [-0.15, -0.1) is 11.6 Å². The highest BCUT2D eigenvalue weighted by Crippen LogP contribution is 2.12. The zero-order valence-electron chi connectivity index (χ0n) is 5.97. The summed E-state index contributed by atoms with van der Waals surface area (Å²) in [6, 6.07) is 10.2. The Bertz CT molecular complexity index is 179. The van der Waals surface area contributed by atoms with E-state index in [-0.39, 0.29) is 0 Å². The van der Waals surface area contributed by atoms with E-state index in [1.807, 2.05) is 25.1 Å². The largest absolute Gasteiger partial charge is 0.117 e. The van der Waals surface area contributed by atoms with Crippen molar-refractivity contribution >= 4 is 11.6 Å². The highest BCUT2D eigenvalue weighted by Gasteiger charge is 1.97. The van der Waals surface area contributed by atoms with Gasteiger partial charge in [0.2, 0.25) is 0 Å². The molecule has 0 saturated carbocycles. The Morgan fingerprint density at radius 1 is 1.30 bits per heavy atom. The van der Waals surface area contributed by atoms with Gasteiger partial charge in [0, 0.05) is 0 Å². The molecule has 0 saturated heterocycles. The molecule has 53 valence electrons. The smallest absolute Gasteiger partial charge is 0.0650 e. The van der Waals surface area contributed by atoms with Crippen molar-refractivity contribution in [3.63, 3.8) is 0 Å². The first-order valence-electron chi connectivity index (χ1n) is 3.31. The molecule has 0 fully saturated rings. The van der Waals surface area contributed by atoms with Crippen LogP contribution in [-0.4, -0.2) is 0 Å². The number of hydrogen-bond acceptors (Lipinski definition) is 0. The van der Waals surface area contributed by atoms with E-state index in [1.165, 1.54) is 5.56 Å². The van der Waals surface area contributed by atoms with Crippen molar-refractivity contribution in [3.05, 3.63) is 41.3 Å². The lowest BCUT2D eigenvalue weighted by atomic mass is 10.1. The van der Waals surface area contributed by atoms with Crippen LogP contribution >= 0.6 is 11.6 Å². The van der Waals surface area contributed by atoms with Gasteiger partial charge in [0.05, 0.1) is 5.38 Å². The molecule has 1 rings (SSSR count). The number of hydrogen-bond donors (Lipinski definition) is 0. The maximum absolute atomic E-state index is 5.73. The fourth-order valence-electron chi connectivity index (χ4n) is 0.877. The van der Waals surface area contributed by atoms with E-state index < -0.39 is 0 Å². The van der Waals surface area contributed by atoms with E-state index in [9.17, 15) is 0 Å². The molecule has 0 amide bonds. The van der Waals surface area contributed by atoms with Crippen molar-refractivity contribution in [2.24, 2.45) is 0 Å². The molecule has 0 aliphatic rings. The van der Waals surface area contributed by atoms with Crippen molar-refractivity contribution in [1.82, 2.24) is 0 Å². The maximum atomic E-state index is 5.73. The molecule has 0 bridgehead atoms. The van der Waals surface area contributed by atoms with Gasteiger partial charge in [0.25, 0.3) is 0 Å². The van der Waals surface area contributed by atoms with Gasteiger partial charge in [-0.2, -0.15) is 0 Å². The standard InChI is InChI=1S/C9H10Cl/c1-8(10)7-9-5-3-2-4-6-9/h2-6H,7H2,1H3. The molecule has 1 radical (unpaired) electrons. The molecular formula is C9H10Cl. The molecule has 1 aromatic rings. The first kappa shape index (κ1) is 7.62. The van der Waals surface area contributed by atoms with Crippen molar-refractivity contribution in [2.45, 2.75) is 13.3 Å². The van der Waals surface area contributed by atoms with Gasteiger partial charge in [-0.05, 0) is 18.9 Å². The molecule has 0 heterocycles. The third kappa shape index (κ3) is 2.40. The summed E-state index contributed by atoms with van der Waals surface area (Å²) in [6.07, 6.45) is 0.877. The van der Waals surface area contributed by atoms with Crippen LogP contribution in [0.4, 0.5) is 0 Å². The summed E-state index contributed by atoms with van der Waals surface area (Å²) < 4.78 is 0. The lowest BCUT2D eigenvalue weighted by Gasteiger charge is -1.99. The number of benzene rings is 1. The SMILES string of the molecule is C[C](Cl)Cc1ccccc1. The van der Waals surface area contributed by atoms with Crippen LogP contribution in [0.1, 0.15) is 12.5 Å². The van der Waals surface area contributed by atoms with Gasteiger partial charge in [-0.25, -0.2) is 0 Å². The van der Waals surface area contributed by atoms with Gasteiger partial charge < -0.3 is 0 Å². The molecule has 0 spiro atoms. The predicted octanol–water partition coefficient (Wildman–Crippen LogP) is 3.02. The molecule has 0 atom stereocenters. The fraction of sp³-hybridized carbons (Fsp3) is 0.222. The van der Waals surface area contributed by atoms with Crippen molar-refractivity contribution in [2.75, 3.05) is 0 Å². The minimum absolute atomic E-state index is 0.877. The Kier molecular flexibility index (Phi) is 2.76. The van der Waals surface area contributed by atoms with E-state index in [4.69, 9.17) is 11.6 Å². The lowest BCUT2D eigenvalue weighted by Crippen LogP contribution is -1.87. The Morgan fingerprint density at radius 3 is 2.40 bits per heavy atom. The maximum Gasteiger partial charge on any atom is 0.0650 e. The van der Waals surface area contributed by atoms with Gasteiger partial charge in [0.15, 0.2) is 0 Å². The van der Waals surface area contributed by atoms with Crippen molar-refractivity contribution < 1.29 is 0 Å². The topological polar surface area (TPSA) is 0 Å². The van der Waals surface area contributed by atoms with Crippen LogP contribution < -0.4 is 0 Å². The summed E-state index contributed by atoms with van der Waals surface area (Å²) in [5.41, 5.74) is 1.27. The molecule has 0 aliphatic heterocycles. The van der Waals surface area contributed by atoms with Crippen LogP contribution in [0.3, 0.4) is 0 Å². The summed E-state index contributed by atoms with van der Waals surface area (Å²) in [4.78, 5) is 0. The lowest BCUT2D eigenvalue weighted by molar-refractivity contribution is 1.09. The highest BCUT2D eigenvalue weighted by molar-refractivity contribution is 6.26. The molecule has 10 heavy (non-hydrogen) atoms. The second kappa shape index (κ2) is 3.62. The normalized spacial score (nSPS) is 10.3. The fourth-order valence-corrected chi connectivity index (χ4v) is 1.03. The zero-order chi connectivity index (χ0) is 7.40. The molecular weight excluding hydrogens is 144 g/mol. The average molecular weight is 154 g/mol. The Balaban J connectivity index is 2.59. The van der Waals surface area contributed by atoms with E-state index in [2.05, 4.69) is 12.1 Å². The summed E-state index contributed by atoms with van der Waals surface area (Å²) >= 11 is 5.73. The quantitative estimate of drug-likeness (QED) is 0.613. The molecule has 1 aromatic carbocycles. The Labute approximate surface area is 66.8 Å². The Hall–Kier alpha value is -0.490. The monoisotopic (exact) mass is 153 g/mol. The third-order valence-electron chi connectivity index (χ3n) is 1.29. The summed E-state index contributed by atoms with van der Waals surface area (Å²) in [7, 11) is 0.